The van der Waals surface area contributed by atoms with Gasteiger partial charge in [0.1, 0.15) is 0 Å². The van der Waals surface area contributed by atoms with E-state index in [-0.39, 0.29) is 0 Å². The molecule has 0 atom stereocenters. The van der Waals surface area contributed by atoms with E-state index in [0.29, 0.717) is 5.82 Å². The molecule has 8 aromatic carbocycles. The van der Waals surface area contributed by atoms with Gasteiger partial charge >= 0.3 is 0 Å². The number of para-hydroxylation sites is 1. The van der Waals surface area contributed by atoms with Gasteiger partial charge in [-0.15, -0.1) is 0 Å². The molecule has 3 aromatic heterocycles. The number of aromatic nitrogens is 4. The van der Waals surface area contributed by atoms with E-state index in [1.807, 2.05) is 24.4 Å². The predicted molar refractivity (Wildman–Crippen MR) is 240 cm³/mol. The lowest BCUT2D eigenvalue weighted by atomic mass is 9.93. The summed E-state index contributed by atoms with van der Waals surface area (Å²) in [7, 11) is 0. The molecule has 4 nitrogen and oxygen atoms in total. The summed E-state index contributed by atoms with van der Waals surface area (Å²) in [4.78, 5) is 20.9. The third-order valence-electron chi connectivity index (χ3n) is 11.2. The smallest absolute Gasteiger partial charge is 0.160 e. The Kier molecular flexibility index (Phi) is 8.11. The second kappa shape index (κ2) is 14.0. The molecule has 58 heavy (non-hydrogen) atoms. The van der Waals surface area contributed by atoms with Crippen molar-refractivity contribution in [3.05, 3.63) is 206 Å². The molecule has 0 spiro atoms. The largest absolute Gasteiger partial charge is 0.256 e. The van der Waals surface area contributed by atoms with Crippen LogP contribution in [-0.2, 0) is 0 Å². The van der Waals surface area contributed by atoms with E-state index < -0.39 is 0 Å². The minimum atomic E-state index is 0.662. The van der Waals surface area contributed by atoms with Crippen LogP contribution in [0.25, 0.3) is 111 Å². The Balaban J connectivity index is 1.10. The van der Waals surface area contributed by atoms with E-state index in [2.05, 4.69) is 182 Å². The molecule has 0 fully saturated rings. The zero-order valence-corrected chi connectivity index (χ0v) is 31.4. The third kappa shape index (κ3) is 5.87. The van der Waals surface area contributed by atoms with Crippen molar-refractivity contribution in [1.82, 2.24) is 19.9 Å². The van der Waals surface area contributed by atoms with Crippen LogP contribution in [0.1, 0.15) is 0 Å². The van der Waals surface area contributed by atoms with Gasteiger partial charge < -0.3 is 0 Å². The highest BCUT2D eigenvalue weighted by molar-refractivity contribution is 6.23. The summed E-state index contributed by atoms with van der Waals surface area (Å²) in [5, 5.41) is 6.86. The third-order valence-corrected chi connectivity index (χ3v) is 11.2. The number of benzene rings is 8. The quantitative estimate of drug-likeness (QED) is 0.159. The summed E-state index contributed by atoms with van der Waals surface area (Å²) in [6.45, 7) is 0. The highest BCUT2D eigenvalue weighted by atomic mass is 14.9. The topological polar surface area (TPSA) is 51.6 Å². The van der Waals surface area contributed by atoms with Gasteiger partial charge in [0.2, 0.25) is 0 Å². The first kappa shape index (κ1) is 33.5. The van der Waals surface area contributed by atoms with Gasteiger partial charge in [-0.1, -0.05) is 176 Å². The van der Waals surface area contributed by atoms with Crippen molar-refractivity contribution >= 4 is 43.4 Å². The van der Waals surface area contributed by atoms with Crippen LogP contribution in [0, 0.1) is 0 Å². The van der Waals surface area contributed by atoms with Crippen molar-refractivity contribution in [3.8, 4) is 67.4 Å². The van der Waals surface area contributed by atoms with E-state index in [0.717, 1.165) is 77.7 Å². The van der Waals surface area contributed by atoms with Crippen LogP contribution in [0.4, 0.5) is 0 Å². The van der Waals surface area contributed by atoms with Gasteiger partial charge in [0.25, 0.3) is 0 Å². The molecule has 0 aliphatic carbocycles. The van der Waals surface area contributed by atoms with Gasteiger partial charge in [0.05, 0.1) is 28.1 Å². The molecular weight excluding hydrogens is 705 g/mol. The molecule has 270 valence electrons. The van der Waals surface area contributed by atoms with E-state index in [4.69, 9.17) is 19.9 Å². The van der Waals surface area contributed by atoms with Crippen molar-refractivity contribution in [2.75, 3.05) is 0 Å². The highest BCUT2D eigenvalue weighted by Crippen LogP contribution is 2.41. The molecule has 11 aromatic rings. The maximum Gasteiger partial charge on any atom is 0.160 e. The van der Waals surface area contributed by atoms with E-state index in [9.17, 15) is 0 Å². The molecule has 0 bridgehead atoms. The molecule has 0 unspecified atom stereocenters. The standard InChI is InChI=1S/C54H34N4/c1-3-12-35(13-4-1)37-21-25-40(26-22-37)49-34-50(58-54(57-49)41-27-23-38(24-28-41)36-14-5-2-6-15-36)43-31-32-47(52-44(43)19-11-33-55-52)53-46-30-29-39-16-7-8-17-42(39)51(46)45-18-9-10-20-48(45)56-53/h1-34H. The molecule has 0 aliphatic rings. The second-order valence-electron chi connectivity index (χ2n) is 14.6. The number of hydrogen-bond acceptors (Lipinski definition) is 4. The molecule has 0 aliphatic heterocycles. The minimum absolute atomic E-state index is 0.662. The van der Waals surface area contributed by atoms with Gasteiger partial charge in [0, 0.05) is 50.0 Å². The van der Waals surface area contributed by atoms with Crippen LogP contribution >= 0.6 is 0 Å². The molecule has 11 rings (SSSR count). The van der Waals surface area contributed by atoms with Gasteiger partial charge in [0.15, 0.2) is 5.82 Å². The Morgan fingerprint density at radius 2 is 0.897 bits per heavy atom. The fourth-order valence-corrected chi connectivity index (χ4v) is 8.28. The number of fused-ring (bicyclic) bond motifs is 6. The van der Waals surface area contributed by atoms with Gasteiger partial charge in [-0.25, -0.2) is 15.0 Å². The Labute approximate surface area is 335 Å². The van der Waals surface area contributed by atoms with Crippen molar-refractivity contribution in [2.24, 2.45) is 0 Å². The lowest BCUT2D eigenvalue weighted by Gasteiger charge is -2.16. The van der Waals surface area contributed by atoms with Crippen molar-refractivity contribution in [2.45, 2.75) is 0 Å². The SMILES string of the molecule is c1ccc(-c2ccc(-c3cc(-c4ccc(-c5nc6ccccc6c6c5ccc5ccccc56)c5ncccc45)nc(-c4ccc(-c5ccccc5)cc4)n3)cc2)cc1. The summed E-state index contributed by atoms with van der Waals surface area (Å²) < 4.78 is 0. The number of pyridine rings is 2. The molecule has 0 amide bonds. The van der Waals surface area contributed by atoms with Crippen LogP contribution in [0.2, 0.25) is 0 Å². The molecular formula is C54H34N4. The minimum Gasteiger partial charge on any atom is -0.256 e. The number of nitrogens with zero attached hydrogens (tertiary/aromatic N) is 4. The van der Waals surface area contributed by atoms with E-state index >= 15 is 0 Å². The monoisotopic (exact) mass is 738 g/mol. The normalized spacial score (nSPS) is 11.4. The Morgan fingerprint density at radius 1 is 0.328 bits per heavy atom. The zero-order chi connectivity index (χ0) is 38.4. The molecule has 0 N–H and O–H groups in total. The van der Waals surface area contributed by atoms with Crippen molar-refractivity contribution in [3.63, 3.8) is 0 Å². The van der Waals surface area contributed by atoms with Crippen LogP contribution in [0.15, 0.2) is 206 Å². The first-order valence-corrected chi connectivity index (χ1v) is 19.5. The summed E-state index contributed by atoms with van der Waals surface area (Å²) in [6, 6.07) is 70.1. The van der Waals surface area contributed by atoms with Crippen LogP contribution < -0.4 is 0 Å². The highest BCUT2D eigenvalue weighted by Gasteiger charge is 2.19. The van der Waals surface area contributed by atoms with Gasteiger partial charge in [-0.05, 0) is 57.3 Å². The maximum atomic E-state index is 5.33. The Bertz CT molecular complexity index is 3190. The average Bonchev–Trinajstić information content (AvgIpc) is 3.31. The average molecular weight is 739 g/mol. The van der Waals surface area contributed by atoms with Crippen LogP contribution in [0.5, 0.6) is 0 Å². The van der Waals surface area contributed by atoms with E-state index in [1.165, 1.54) is 27.3 Å². The zero-order valence-electron chi connectivity index (χ0n) is 31.4. The Hall–Kier alpha value is -7.82. The summed E-state index contributed by atoms with van der Waals surface area (Å²) in [5.41, 5.74) is 13.0. The van der Waals surface area contributed by atoms with E-state index in [1.54, 1.807) is 0 Å². The molecule has 3 heterocycles. The summed E-state index contributed by atoms with van der Waals surface area (Å²) >= 11 is 0. The van der Waals surface area contributed by atoms with Crippen molar-refractivity contribution < 1.29 is 0 Å². The molecule has 0 radical (unpaired) electrons. The van der Waals surface area contributed by atoms with Crippen molar-refractivity contribution in [1.29, 1.82) is 0 Å². The van der Waals surface area contributed by atoms with Crippen LogP contribution in [-0.4, -0.2) is 19.9 Å². The fraction of sp³-hybridized carbons (Fsp3) is 0. The van der Waals surface area contributed by atoms with Gasteiger partial charge in [-0.3, -0.25) is 4.98 Å². The second-order valence-corrected chi connectivity index (χ2v) is 14.6. The lowest BCUT2D eigenvalue weighted by Crippen LogP contribution is -1.98. The molecule has 0 saturated carbocycles. The fourth-order valence-electron chi connectivity index (χ4n) is 8.28. The predicted octanol–water partition coefficient (Wildman–Crippen LogP) is 13.9. The molecule has 4 heteroatoms. The lowest BCUT2D eigenvalue weighted by molar-refractivity contribution is 1.18. The van der Waals surface area contributed by atoms with Gasteiger partial charge in [-0.2, -0.15) is 0 Å². The Morgan fingerprint density at radius 3 is 1.64 bits per heavy atom. The number of hydrogen-bond donors (Lipinski definition) is 0. The van der Waals surface area contributed by atoms with Crippen LogP contribution in [0.3, 0.4) is 0 Å². The first-order chi connectivity index (χ1) is 28.7. The maximum absolute atomic E-state index is 5.33. The first-order valence-electron chi connectivity index (χ1n) is 19.5. The molecule has 0 saturated heterocycles. The summed E-state index contributed by atoms with van der Waals surface area (Å²) in [5.74, 6) is 0.662. The number of rotatable bonds is 6. The summed E-state index contributed by atoms with van der Waals surface area (Å²) in [6.07, 6.45) is 1.87.